The lowest BCUT2D eigenvalue weighted by molar-refractivity contribution is -0.254. The highest BCUT2D eigenvalue weighted by molar-refractivity contribution is 6.60. The molecule has 0 aliphatic carbocycles. The van der Waals surface area contributed by atoms with Gasteiger partial charge in [-0.2, -0.15) is 0 Å². The summed E-state index contributed by atoms with van der Waals surface area (Å²) in [6.07, 6.45) is -6.76. The van der Waals surface area contributed by atoms with E-state index in [2.05, 4.69) is 0 Å². The number of hydrogen-bond donors (Lipinski definition) is 0. The topological polar surface area (TPSA) is 97.4 Å². The van der Waals surface area contributed by atoms with Crippen molar-refractivity contribution >= 4 is 24.9 Å². The molecule has 0 radical (unpaired) electrons. The summed E-state index contributed by atoms with van der Waals surface area (Å²) in [7, 11) is 0. The van der Waals surface area contributed by atoms with E-state index >= 15 is 0 Å². The van der Waals surface area contributed by atoms with Crippen molar-refractivity contribution in [1.82, 2.24) is 0 Å². The third-order valence-corrected chi connectivity index (χ3v) is 6.03. The highest BCUT2D eigenvalue weighted by atomic mass is 19.4. The number of ether oxygens (including phenoxy) is 5. The third-order valence-electron chi connectivity index (χ3n) is 6.03. The second-order valence-electron chi connectivity index (χ2n) is 13.1. The monoisotopic (exact) mass is 573 g/mol. The predicted octanol–water partition coefficient (Wildman–Crippen LogP) is 5.23. The van der Waals surface area contributed by atoms with Gasteiger partial charge in [-0.1, -0.05) is 30.3 Å². The summed E-state index contributed by atoms with van der Waals surface area (Å²) in [5, 5.41) is 0. The molecule has 1 aromatic rings. The first-order chi connectivity index (χ1) is 18.1. The summed E-state index contributed by atoms with van der Waals surface area (Å²) < 4.78 is 71.4. The number of rotatable bonds is 8. The summed E-state index contributed by atoms with van der Waals surface area (Å²) in [4.78, 5) is 38.5. The van der Waals surface area contributed by atoms with Crippen LogP contribution in [0.5, 0.6) is 0 Å². The number of carbonyl (C=O) groups excluding carboxylic acids is 3. The zero-order valence-corrected chi connectivity index (χ0v) is 24.7. The Kier molecular flexibility index (Phi) is 10.5. The molecule has 0 amide bonds. The fourth-order valence-corrected chi connectivity index (χ4v) is 3.59. The van der Waals surface area contributed by atoms with Gasteiger partial charge in [0.05, 0.1) is 28.9 Å². The molecule has 0 spiro atoms. The Morgan fingerprint density at radius 3 is 1.68 bits per heavy atom. The first-order valence-electron chi connectivity index (χ1n) is 13.2. The van der Waals surface area contributed by atoms with E-state index < -0.39 is 78.2 Å². The highest BCUT2D eigenvalue weighted by Crippen LogP contribution is 2.37. The summed E-state index contributed by atoms with van der Waals surface area (Å²) >= 11 is 0. The Labute approximate surface area is 234 Å². The van der Waals surface area contributed by atoms with E-state index in [0.717, 1.165) is 0 Å². The number of hydrogen-bond acceptors (Lipinski definition) is 8. The van der Waals surface area contributed by atoms with E-state index in [0.29, 0.717) is 5.56 Å². The Hall–Kier alpha value is -2.60. The maximum absolute atomic E-state index is 14.5. The van der Waals surface area contributed by atoms with Crippen LogP contribution in [0.2, 0.25) is 0 Å². The number of halogens is 3. The van der Waals surface area contributed by atoms with Gasteiger partial charge >= 0.3 is 24.9 Å². The Morgan fingerprint density at radius 1 is 0.750 bits per heavy atom. The largest absolute Gasteiger partial charge is 0.509 e. The zero-order chi connectivity index (χ0) is 30.7. The zero-order valence-electron chi connectivity index (χ0n) is 24.7. The first-order valence-corrected chi connectivity index (χ1v) is 13.2. The molecule has 1 saturated heterocycles. The van der Waals surface area contributed by atoms with Crippen molar-refractivity contribution in [3.05, 3.63) is 35.9 Å². The molecule has 226 valence electrons. The predicted molar refractivity (Wildman–Crippen MR) is 142 cm³/mol. The van der Waals surface area contributed by atoms with Crippen molar-refractivity contribution in [2.24, 2.45) is 16.2 Å². The standard InChI is InChI=1S/C28H41BF3O8/c1-26(2,3)23(33)37-16-18-19(39-24(34)27(4,5)6)20(40-25(35)28(7,8)9)21(22(38-18)29(30,31)32)36-15-17-13-11-10-12-14-17/h10-14,18-22H,15-16H2,1-9H3/q-1/t18-,19-,20+,21-,22-/m1/s1. The normalized spacial score (nSPS) is 24.2. The lowest BCUT2D eigenvalue weighted by atomic mass is 9.73. The van der Waals surface area contributed by atoms with Crippen molar-refractivity contribution in [2.75, 3.05) is 6.61 Å². The van der Waals surface area contributed by atoms with Crippen LogP contribution in [0, 0.1) is 16.2 Å². The molecule has 1 fully saturated rings. The minimum absolute atomic E-state index is 0.259. The molecular formula is C28H41BF3O8-. The van der Waals surface area contributed by atoms with Gasteiger partial charge in [-0.25, -0.2) is 0 Å². The minimum Gasteiger partial charge on any atom is -0.462 e. The molecule has 0 saturated carbocycles. The molecule has 12 heteroatoms. The van der Waals surface area contributed by atoms with Gasteiger partial charge in [0, 0.05) is 0 Å². The van der Waals surface area contributed by atoms with E-state index in [4.69, 9.17) is 23.7 Å². The van der Waals surface area contributed by atoms with Crippen LogP contribution >= 0.6 is 0 Å². The van der Waals surface area contributed by atoms with Gasteiger partial charge in [0.25, 0.3) is 0 Å². The van der Waals surface area contributed by atoms with Gasteiger partial charge in [0.2, 0.25) is 0 Å². The van der Waals surface area contributed by atoms with Crippen LogP contribution in [0.25, 0.3) is 0 Å². The van der Waals surface area contributed by atoms with Crippen LogP contribution in [0.1, 0.15) is 67.9 Å². The number of carbonyl (C=O) groups is 3. The van der Waals surface area contributed by atoms with Gasteiger partial charge in [-0.05, 0) is 67.9 Å². The Bertz CT molecular complexity index is 1030. The van der Waals surface area contributed by atoms with Crippen molar-refractivity contribution in [1.29, 1.82) is 0 Å². The van der Waals surface area contributed by atoms with Crippen molar-refractivity contribution in [3.8, 4) is 0 Å². The van der Waals surface area contributed by atoms with Crippen LogP contribution in [0.3, 0.4) is 0 Å². The number of benzene rings is 1. The highest BCUT2D eigenvalue weighted by Gasteiger charge is 2.57. The van der Waals surface area contributed by atoms with Gasteiger partial charge in [-0.15, -0.1) is 0 Å². The average molecular weight is 573 g/mol. The van der Waals surface area contributed by atoms with Gasteiger partial charge in [0.1, 0.15) is 18.8 Å². The summed E-state index contributed by atoms with van der Waals surface area (Å²) in [5.74, 6) is -2.30. The molecule has 0 aromatic heterocycles. The molecule has 0 N–H and O–H groups in total. The second kappa shape index (κ2) is 12.5. The molecule has 1 aliphatic heterocycles. The lowest BCUT2D eigenvalue weighted by Crippen LogP contribution is -2.67. The fourth-order valence-electron chi connectivity index (χ4n) is 3.59. The first kappa shape index (κ1) is 33.6. The summed E-state index contributed by atoms with van der Waals surface area (Å²) in [5.41, 5.74) is -2.55. The van der Waals surface area contributed by atoms with Crippen LogP contribution in [0.4, 0.5) is 12.9 Å². The SMILES string of the molecule is CC(C)(C)C(=O)OC[C@H]1O[C@@H]([B-](F)(F)F)[C@H](OCc2ccccc2)[C@@H](OC(=O)C(C)(C)C)[C@@H]1OC(=O)C(C)(C)C. The minimum atomic E-state index is -5.73. The van der Waals surface area contributed by atoms with Gasteiger partial charge in [0.15, 0.2) is 12.2 Å². The average Bonchev–Trinajstić information content (AvgIpc) is 2.80. The van der Waals surface area contributed by atoms with Crippen LogP contribution in [-0.2, 0) is 44.7 Å². The van der Waals surface area contributed by atoms with Gasteiger partial charge in [-0.3, -0.25) is 14.4 Å². The van der Waals surface area contributed by atoms with Crippen molar-refractivity contribution in [2.45, 2.75) is 99.3 Å². The van der Waals surface area contributed by atoms with E-state index in [1.54, 1.807) is 92.6 Å². The maximum Gasteiger partial charge on any atom is 0.509 e. The molecule has 0 bridgehead atoms. The fraction of sp³-hybridized carbons (Fsp3) is 0.679. The second-order valence-corrected chi connectivity index (χ2v) is 13.1. The van der Waals surface area contributed by atoms with Crippen molar-refractivity contribution < 1.29 is 51.0 Å². The van der Waals surface area contributed by atoms with Crippen LogP contribution < -0.4 is 0 Å². The molecule has 1 aromatic carbocycles. The van der Waals surface area contributed by atoms with Gasteiger partial charge < -0.3 is 36.6 Å². The molecular weight excluding hydrogens is 532 g/mol. The number of esters is 3. The maximum atomic E-state index is 14.5. The van der Waals surface area contributed by atoms with Crippen LogP contribution in [0.15, 0.2) is 30.3 Å². The van der Waals surface area contributed by atoms with Crippen LogP contribution in [-0.4, -0.2) is 61.9 Å². The summed E-state index contributed by atoms with van der Waals surface area (Å²) in [6, 6.07) is 5.95. The van der Waals surface area contributed by atoms with E-state index in [-0.39, 0.29) is 6.61 Å². The summed E-state index contributed by atoms with van der Waals surface area (Å²) in [6.45, 7) is 7.39. The molecule has 2 rings (SSSR count). The van der Waals surface area contributed by atoms with E-state index in [9.17, 15) is 27.3 Å². The van der Waals surface area contributed by atoms with Crippen molar-refractivity contribution in [3.63, 3.8) is 0 Å². The van der Waals surface area contributed by atoms with E-state index in [1.165, 1.54) is 0 Å². The Balaban J connectivity index is 2.59. The molecule has 1 aliphatic rings. The molecule has 0 unspecified atom stereocenters. The quantitative estimate of drug-likeness (QED) is 0.237. The lowest BCUT2D eigenvalue weighted by Gasteiger charge is -2.49. The molecule has 5 atom stereocenters. The smallest absolute Gasteiger partial charge is 0.462 e. The molecule has 40 heavy (non-hydrogen) atoms. The Morgan fingerprint density at radius 2 is 1.23 bits per heavy atom. The molecule has 8 nitrogen and oxygen atoms in total. The molecule has 1 heterocycles. The third kappa shape index (κ3) is 9.22. The van der Waals surface area contributed by atoms with E-state index in [1.807, 2.05) is 0 Å².